The first-order valence-corrected chi connectivity index (χ1v) is 8.65. The molecule has 0 heterocycles. The molecular weight excluding hydrogens is 298 g/mol. The van der Waals surface area contributed by atoms with E-state index in [4.69, 9.17) is 10.5 Å². The molecule has 1 aliphatic carbocycles. The highest BCUT2D eigenvalue weighted by Gasteiger charge is 2.20. The molecule has 0 unspecified atom stereocenters. The van der Waals surface area contributed by atoms with Crippen molar-refractivity contribution in [3.63, 3.8) is 0 Å². The SMILES string of the molecule is CCc1ccc(NC(N)=NCc2ccccc2OC2CCC2)cc1. The minimum Gasteiger partial charge on any atom is -0.490 e. The van der Waals surface area contributed by atoms with Crippen LogP contribution in [0.1, 0.15) is 37.3 Å². The van der Waals surface area contributed by atoms with E-state index in [-0.39, 0.29) is 0 Å². The molecule has 0 radical (unpaired) electrons. The fraction of sp³-hybridized carbons (Fsp3) is 0.350. The fourth-order valence-electron chi connectivity index (χ4n) is 2.60. The lowest BCUT2D eigenvalue weighted by molar-refractivity contribution is 0.119. The summed E-state index contributed by atoms with van der Waals surface area (Å²) in [4.78, 5) is 4.45. The number of benzene rings is 2. The Labute approximate surface area is 143 Å². The highest BCUT2D eigenvalue weighted by molar-refractivity contribution is 5.92. The number of nitrogens with two attached hydrogens (primary N) is 1. The van der Waals surface area contributed by atoms with E-state index in [0.29, 0.717) is 18.6 Å². The van der Waals surface area contributed by atoms with Crippen LogP contribution in [0, 0.1) is 0 Å². The van der Waals surface area contributed by atoms with Crippen LogP contribution in [0.4, 0.5) is 5.69 Å². The van der Waals surface area contributed by atoms with E-state index < -0.39 is 0 Å². The van der Waals surface area contributed by atoms with Crippen molar-refractivity contribution in [1.29, 1.82) is 0 Å². The molecule has 3 N–H and O–H groups in total. The molecule has 4 nitrogen and oxygen atoms in total. The Morgan fingerprint density at radius 1 is 1.17 bits per heavy atom. The minimum atomic E-state index is 0.364. The van der Waals surface area contributed by atoms with Gasteiger partial charge in [0, 0.05) is 11.3 Å². The summed E-state index contributed by atoms with van der Waals surface area (Å²) >= 11 is 0. The van der Waals surface area contributed by atoms with Crippen LogP contribution in [-0.4, -0.2) is 12.1 Å². The maximum atomic E-state index is 6.03. The number of para-hydroxylation sites is 1. The quantitative estimate of drug-likeness (QED) is 0.621. The van der Waals surface area contributed by atoms with Crippen molar-refractivity contribution >= 4 is 11.6 Å². The first kappa shape index (κ1) is 16.4. The van der Waals surface area contributed by atoms with Gasteiger partial charge in [-0.05, 0) is 49.4 Å². The Morgan fingerprint density at radius 2 is 1.92 bits per heavy atom. The maximum Gasteiger partial charge on any atom is 0.193 e. The van der Waals surface area contributed by atoms with E-state index in [1.54, 1.807) is 0 Å². The number of hydrogen-bond acceptors (Lipinski definition) is 2. The van der Waals surface area contributed by atoms with E-state index >= 15 is 0 Å². The summed E-state index contributed by atoms with van der Waals surface area (Å²) in [5.41, 5.74) is 9.33. The molecule has 2 aromatic carbocycles. The zero-order valence-corrected chi connectivity index (χ0v) is 14.2. The summed E-state index contributed by atoms with van der Waals surface area (Å²) in [5.74, 6) is 1.34. The Bertz CT molecular complexity index is 690. The van der Waals surface area contributed by atoms with Crippen molar-refractivity contribution in [2.24, 2.45) is 10.7 Å². The molecule has 24 heavy (non-hydrogen) atoms. The summed E-state index contributed by atoms with van der Waals surface area (Å²) in [6.07, 6.45) is 4.95. The lowest BCUT2D eigenvalue weighted by atomic mass is 9.96. The standard InChI is InChI=1S/C20H25N3O/c1-2-15-10-12-17(13-11-15)23-20(21)22-14-16-6-3-4-9-19(16)24-18-7-5-8-18/h3-4,6,9-13,18H,2,5,7-8,14H2,1H3,(H3,21,22,23). The summed E-state index contributed by atoms with van der Waals surface area (Å²) in [5, 5.41) is 3.13. The molecular formula is C20H25N3O. The second kappa shape index (κ2) is 7.86. The van der Waals surface area contributed by atoms with Crippen LogP contribution >= 0.6 is 0 Å². The van der Waals surface area contributed by atoms with Crippen molar-refractivity contribution in [2.45, 2.75) is 45.3 Å². The number of hydrogen-bond donors (Lipinski definition) is 2. The van der Waals surface area contributed by atoms with E-state index in [9.17, 15) is 0 Å². The van der Waals surface area contributed by atoms with Crippen molar-refractivity contribution in [3.8, 4) is 5.75 Å². The molecule has 0 saturated heterocycles. The number of guanidine groups is 1. The summed E-state index contributed by atoms with van der Waals surface area (Å²) in [6.45, 7) is 2.65. The molecule has 1 fully saturated rings. The molecule has 0 amide bonds. The van der Waals surface area contributed by atoms with Crippen LogP contribution in [0.15, 0.2) is 53.5 Å². The third-order valence-corrected chi connectivity index (χ3v) is 4.37. The Kier molecular flexibility index (Phi) is 5.36. The number of ether oxygens (including phenoxy) is 1. The average molecular weight is 323 g/mol. The molecule has 1 aliphatic rings. The van der Waals surface area contributed by atoms with Crippen LogP contribution in [0.3, 0.4) is 0 Å². The molecule has 2 aromatic rings. The zero-order chi connectivity index (χ0) is 16.8. The molecule has 3 rings (SSSR count). The molecule has 0 aliphatic heterocycles. The van der Waals surface area contributed by atoms with Gasteiger partial charge in [-0.3, -0.25) is 0 Å². The van der Waals surface area contributed by atoms with Gasteiger partial charge in [0.1, 0.15) is 5.75 Å². The molecule has 126 valence electrons. The van der Waals surface area contributed by atoms with Gasteiger partial charge in [-0.2, -0.15) is 0 Å². The van der Waals surface area contributed by atoms with Gasteiger partial charge in [-0.25, -0.2) is 4.99 Å². The third kappa shape index (κ3) is 4.28. The normalized spacial score (nSPS) is 15.0. The van der Waals surface area contributed by atoms with E-state index in [1.807, 2.05) is 36.4 Å². The zero-order valence-electron chi connectivity index (χ0n) is 14.2. The van der Waals surface area contributed by atoms with Gasteiger partial charge in [0.15, 0.2) is 5.96 Å². The lowest BCUT2D eigenvalue weighted by Crippen LogP contribution is -2.25. The second-order valence-corrected chi connectivity index (χ2v) is 6.16. The summed E-state index contributed by atoms with van der Waals surface area (Å²) in [7, 11) is 0. The third-order valence-electron chi connectivity index (χ3n) is 4.37. The molecule has 0 aromatic heterocycles. The molecule has 0 spiro atoms. The van der Waals surface area contributed by atoms with Gasteiger partial charge >= 0.3 is 0 Å². The van der Waals surface area contributed by atoms with Gasteiger partial charge in [0.2, 0.25) is 0 Å². The number of aliphatic imine (C=N–C) groups is 1. The van der Waals surface area contributed by atoms with Crippen LogP contribution in [0.5, 0.6) is 5.75 Å². The molecule has 4 heteroatoms. The van der Waals surface area contributed by atoms with Gasteiger partial charge in [-0.1, -0.05) is 37.3 Å². The van der Waals surface area contributed by atoms with Crippen molar-refractivity contribution in [3.05, 3.63) is 59.7 Å². The van der Waals surface area contributed by atoms with Crippen molar-refractivity contribution < 1.29 is 4.74 Å². The fourth-order valence-corrected chi connectivity index (χ4v) is 2.60. The molecule has 1 saturated carbocycles. The first-order chi connectivity index (χ1) is 11.7. The Hall–Kier alpha value is -2.49. The second-order valence-electron chi connectivity index (χ2n) is 6.16. The largest absolute Gasteiger partial charge is 0.490 e. The van der Waals surface area contributed by atoms with Crippen LogP contribution < -0.4 is 15.8 Å². The van der Waals surface area contributed by atoms with Gasteiger partial charge in [-0.15, -0.1) is 0 Å². The highest BCUT2D eigenvalue weighted by atomic mass is 16.5. The number of anilines is 1. The van der Waals surface area contributed by atoms with Gasteiger partial charge in [0.25, 0.3) is 0 Å². The number of nitrogens with zero attached hydrogens (tertiary/aromatic N) is 1. The minimum absolute atomic E-state index is 0.364. The summed E-state index contributed by atoms with van der Waals surface area (Å²) < 4.78 is 6.03. The van der Waals surface area contributed by atoms with Gasteiger partial charge in [0.05, 0.1) is 12.6 Å². The smallest absolute Gasteiger partial charge is 0.193 e. The maximum absolute atomic E-state index is 6.03. The van der Waals surface area contributed by atoms with Crippen LogP contribution in [0.25, 0.3) is 0 Å². The topological polar surface area (TPSA) is 59.6 Å². The van der Waals surface area contributed by atoms with E-state index in [0.717, 1.165) is 36.3 Å². The predicted molar refractivity (Wildman–Crippen MR) is 99.5 cm³/mol. The number of aryl methyl sites for hydroxylation is 1. The first-order valence-electron chi connectivity index (χ1n) is 8.65. The number of nitrogens with one attached hydrogen (secondary N) is 1. The lowest BCUT2D eigenvalue weighted by Gasteiger charge is -2.27. The average Bonchev–Trinajstić information content (AvgIpc) is 2.58. The highest BCUT2D eigenvalue weighted by Crippen LogP contribution is 2.27. The number of rotatable bonds is 6. The van der Waals surface area contributed by atoms with Crippen molar-refractivity contribution in [2.75, 3.05) is 5.32 Å². The molecule has 0 bridgehead atoms. The monoisotopic (exact) mass is 323 g/mol. The Morgan fingerprint density at radius 3 is 2.58 bits per heavy atom. The Balaban J connectivity index is 1.61. The van der Waals surface area contributed by atoms with Crippen LogP contribution in [0.2, 0.25) is 0 Å². The van der Waals surface area contributed by atoms with E-state index in [1.165, 1.54) is 12.0 Å². The van der Waals surface area contributed by atoms with Gasteiger partial charge < -0.3 is 15.8 Å². The predicted octanol–water partition coefficient (Wildman–Crippen LogP) is 4.11. The molecule has 0 atom stereocenters. The van der Waals surface area contributed by atoms with E-state index in [2.05, 4.69) is 29.4 Å². The van der Waals surface area contributed by atoms with Crippen molar-refractivity contribution in [1.82, 2.24) is 0 Å². The summed E-state index contributed by atoms with van der Waals surface area (Å²) in [6, 6.07) is 16.3. The van der Waals surface area contributed by atoms with Crippen LogP contribution in [-0.2, 0) is 13.0 Å².